The van der Waals surface area contributed by atoms with E-state index in [-0.39, 0.29) is 16.7 Å². The number of aryl methyl sites for hydroxylation is 1. The Bertz CT molecular complexity index is 1110. The number of para-hydroxylation sites is 2. The molecule has 6 nitrogen and oxygen atoms in total. The summed E-state index contributed by atoms with van der Waals surface area (Å²) in [4.78, 5) is 24.6. The number of carbonyl (C=O) groups excluding carboxylic acids is 1. The molecule has 0 spiro atoms. The zero-order valence-corrected chi connectivity index (χ0v) is 18.1. The van der Waals surface area contributed by atoms with Crippen LogP contribution in [-0.2, 0) is 18.0 Å². The molecule has 0 unspecified atom stereocenters. The minimum atomic E-state index is -4.49. The molecule has 0 bridgehead atoms. The number of imidazole rings is 1. The molecule has 1 aliphatic heterocycles. The van der Waals surface area contributed by atoms with Crippen LogP contribution in [0.15, 0.2) is 41.7 Å². The van der Waals surface area contributed by atoms with Crippen LogP contribution in [0.3, 0.4) is 0 Å². The number of hydrogen-bond acceptors (Lipinski definition) is 5. The molecule has 2 aromatic heterocycles. The van der Waals surface area contributed by atoms with E-state index in [1.165, 1.54) is 11.8 Å². The first-order valence-corrected chi connectivity index (χ1v) is 10.9. The van der Waals surface area contributed by atoms with Gasteiger partial charge in [0.25, 0.3) is 0 Å². The Hall–Kier alpha value is -2.46. The van der Waals surface area contributed by atoms with Crippen molar-refractivity contribution < 1.29 is 18.0 Å². The van der Waals surface area contributed by atoms with Crippen molar-refractivity contribution in [3.63, 3.8) is 0 Å². The van der Waals surface area contributed by atoms with E-state index in [1.807, 2.05) is 35.9 Å². The van der Waals surface area contributed by atoms with Gasteiger partial charge >= 0.3 is 6.18 Å². The highest BCUT2D eigenvalue weighted by molar-refractivity contribution is 7.99. The largest absolute Gasteiger partial charge is 0.417 e. The number of thioether (sulfide) groups is 1. The van der Waals surface area contributed by atoms with Crippen molar-refractivity contribution in [2.45, 2.75) is 11.3 Å². The summed E-state index contributed by atoms with van der Waals surface area (Å²) in [6.45, 7) is 1.78. The second-order valence-corrected chi connectivity index (χ2v) is 8.48. The summed E-state index contributed by atoms with van der Waals surface area (Å²) < 4.78 is 40.4. The number of anilines is 1. The molecule has 4 rings (SSSR count). The topological polar surface area (TPSA) is 54.3 Å². The summed E-state index contributed by atoms with van der Waals surface area (Å²) in [5.74, 6) is 0.551. The van der Waals surface area contributed by atoms with Gasteiger partial charge in [-0.25, -0.2) is 9.97 Å². The maximum absolute atomic E-state index is 12.8. The molecule has 0 atom stereocenters. The quantitative estimate of drug-likeness (QED) is 0.539. The van der Waals surface area contributed by atoms with E-state index in [1.54, 1.807) is 9.80 Å². The van der Waals surface area contributed by atoms with E-state index in [2.05, 4.69) is 9.97 Å². The zero-order valence-electron chi connectivity index (χ0n) is 16.6. The second kappa shape index (κ2) is 8.58. The number of piperazine rings is 1. The van der Waals surface area contributed by atoms with E-state index < -0.39 is 11.7 Å². The summed E-state index contributed by atoms with van der Waals surface area (Å²) in [6, 6.07) is 8.66. The highest BCUT2D eigenvalue weighted by Gasteiger charge is 2.32. The number of alkyl halides is 3. The number of hydrogen-bond donors (Lipinski definition) is 0. The normalized spacial score (nSPS) is 15.0. The van der Waals surface area contributed by atoms with Crippen LogP contribution in [0, 0.1) is 0 Å². The van der Waals surface area contributed by atoms with Crippen molar-refractivity contribution in [2.75, 3.05) is 36.8 Å². The number of aromatic nitrogens is 3. The van der Waals surface area contributed by atoms with Gasteiger partial charge in [-0.2, -0.15) is 13.2 Å². The molecule has 1 fully saturated rings. The van der Waals surface area contributed by atoms with Crippen LogP contribution in [0.5, 0.6) is 0 Å². The molecule has 0 radical (unpaired) electrons. The van der Waals surface area contributed by atoms with Crippen LogP contribution in [-0.4, -0.2) is 57.3 Å². The van der Waals surface area contributed by atoms with E-state index in [9.17, 15) is 18.0 Å². The van der Waals surface area contributed by atoms with E-state index >= 15 is 0 Å². The standard InChI is InChI=1S/C20H19ClF3N5OS/c1-27-16-5-3-2-4-15(16)26-19(27)31-12-17(30)28-6-8-29(9-7-28)18-14(21)10-13(11-25-18)20(22,23)24/h2-5,10-11H,6-9,12H2,1H3. The van der Waals surface area contributed by atoms with Gasteiger partial charge in [-0.1, -0.05) is 35.5 Å². The Morgan fingerprint density at radius 3 is 2.55 bits per heavy atom. The predicted octanol–water partition coefficient (Wildman–Crippen LogP) is 4.08. The molecular weight excluding hydrogens is 451 g/mol. The molecule has 1 aliphatic rings. The Morgan fingerprint density at radius 2 is 1.90 bits per heavy atom. The highest BCUT2D eigenvalue weighted by atomic mass is 35.5. The molecule has 164 valence electrons. The highest BCUT2D eigenvalue weighted by Crippen LogP contribution is 2.33. The van der Waals surface area contributed by atoms with Gasteiger partial charge in [0.1, 0.15) is 5.82 Å². The average molecular weight is 470 g/mol. The van der Waals surface area contributed by atoms with Crippen molar-refractivity contribution in [3.8, 4) is 0 Å². The number of rotatable bonds is 4. The average Bonchev–Trinajstić information content (AvgIpc) is 3.07. The third-order valence-corrected chi connectivity index (χ3v) is 6.44. The van der Waals surface area contributed by atoms with Crippen molar-refractivity contribution >= 4 is 46.1 Å². The first-order chi connectivity index (χ1) is 14.7. The minimum Gasteiger partial charge on any atom is -0.352 e. The first-order valence-electron chi connectivity index (χ1n) is 9.54. The van der Waals surface area contributed by atoms with Crippen molar-refractivity contribution in [2.24, 2.45) is 7.05 Å². The number of carbonyl (C=O) groups is 1. The molecule has 1 saturated heterocycles. The third-order valence-electron chi connectivity index (χ3n) is 5.15. The number of nitrogens with zero attached hydrogens (tertiary/aromatic N) is 5. The molecule has 1 aromatic carbocycles. The summed E-state index contributed by atoms with van der Waals surface area (Å²) in [5, 5.41) is 0.723. The Kier molecular flexibility index (Phi) is 6.02. The van der Waals surface area contributed by atoms with Crippen LogP contribution < -0.4 is 4.90 Å². The summed E-state index contributed by atoms with van der Waals surface area (Å²) in [5.41, 5.74) is 1.01. The number of amides is 1. The monoisotopic (exact) mass is 469 g/mol. The smallest absolute Gasteiger partial charge is 0.352 e. The maximum Gasteiger partial charge on any atom is 0.417 e. The van der Waals surface area contributed by atoms with Crippen molar-refractivity contribution in [3.05, 3.63) is 47.1 Å². The molecule has 3 aromatic rings. The second-order valence-electron chi connectivity index (χ2n) is 7.13. The van der Waals surface area contributed by atoms with Gasteiger partial charge in [-0.05, 0) is 18.2 Å². The fourth-order valence-electron chi connectivity index (χ4n) is 3.46. The lowest BCUT2D eigenvalue weighted by atomic mass is 10.2. The Balaban J connectivity index is 1.34. The molecule has 0 N–H and O–H groups in total. The molecular formula is C20H19ClF3N5OS. The SMILES string of the molecule is Cn1c(SCC(=O)N2CCN(c3ncc(C(F)(F)F)cc3Cl)CC2)nc2ccccc21. The fourth-order valence-corrected chi connectivity index (χ4v) is 4.63. The molecule has 1 amide bonds. The van der Waals surface area contributed by atoms with E-state index in [4.69, 9.17) is 11.6 Å². The summed E-state index contributed by atoms with van der Waals surface area (Å²) in [6.07, 6.45) is -3.71. The number of halogens is 4. The van der Waals surface area contributed by atoms with Gasteiger partial charge in [0, 0.05) is 39.4 Å². The van der Waals surface area contributed by atoms with Gasteiger partial charge in [0.05, 0.1) is 27.4 Å². The lowest BCUT2D eigenvalue weighted by Crippen LogP contribution is -2.49. The molecule has 31 heavy (non-hydrogen) atoms. The van der Waals surface area contributed by atoms with Gasteiger partial charge in [0.2, 0.25) is 5.91 Å². The Morgan fingerprint density at radius 1 is 1.19 bits per heavy atom. The number of benzene rings is 1. The van der Waals surface area contributed by atoms with Crippen LogP contribution in [0.25, 0.3) is 11.0 Å². The van der Waals surface area contributed by atoms with E-state index in [0.717, 1.165) is 28.5 Å². The summed E-state index contributed by atoms with van der Waals surface area (Å²) >= 11 is 7.42. The number of pyridine rings is 1. The van der Waals surface area contributed by atoms with Gasteiger partial charge in [-0.3, -0.25) is 4.79 Å². The lowest BCUT2D eigenvalue weighted by Gasteiger charge is -2.35. The van der Waals surface area contributed by atoms with Crippen molar-refractivity contribution in [1.82, 2.24) is 19.4 Å². The van der Waals surface area contributed by atoms with E-state index in [0.29, 0.717) is 32.0 Å². The van der Waals surface area contributed by atoms with Gasteiger partial charge in [0.15, 0.2) is 5.16 Å². The number of fused-ring (bicyclic) bond motifs is 1. The molecule has 0 saturated carbocycles. The molecule has 0 aliphatic carbocycles. The first kappa shape index (κ1) is 21.8. The zero-order chi connectivity index (χ0) is 22.2. The van der Waals surface area contributed by atoms with Crippen LogP contribution in [0.4, 0.5) is 19.0 Å². The predicted molar refractivity (Wildman–Crippen MR) is 114 cm³/mol. The molecule has 3 heterocycles. The fraction of sp³-hybridized carbons (Fsp3) is 0.350. The third kappa shape index (κ3) is 4.59. The van der Waals surface area contributed by atoms with Gasteiger partial charge in [-0.15, -0.1) is 0 Å². The summed E-state index contributed by atoms with van der Waals surface area (Å²) in [7, 11) is 1.92. The Labute approximate surface area is 186 Å². The van der Waals surface area contributed by atoms with Crippen LogP contribution in [0.1, 0.15) is 5.56 Å². The van der Waals surface area contributed by atoms with Gasteiger partial charge < -0.3 is 14.4 Å². The molecule has 11 heteroatoms. The minimum absolute atomic E-state index is 0.0109. The van der Waals surface area contributed by atoms with Crippen LogP contribution >= 0.6 is 23.4 Å². The van der Waals surface area contributed by atoms with Crippen molar-refractivity contribution in [1.29, 1.82) is 0 Å². The maximum atomic E-state index is 12.8. The lowest BCUT2D eigenvalue weighted by molar-refractivity contribution is -0.137. The van der Waals surface area contributed by atoms with Crippen LogP contribution in [0.2, 0.25) is 5.02 Å².